The zero-order chi connectivity index (χ0) is 21.1. The van der Waals surface area contributed by atoms with Gasteiger partial charge in [-0.05, 0) is 66.1 Å². The minimum Gasteiger partial charge on any atom is -0.545 e. The number of methoxy groups -OCH3 is 1. The lowest BCUT2D eigenvalue weighted by Crippen LogP contribution is -2.21. The van der Waals surface area contributed by atoms with Gasteiger partial charge in [0, 0.05) is 17.0 Å². The summed E-state index contributed by atoms with van der Waals surface area (Å²) in [5.74, 6) is 0.188. The summed E-state index contributed by atoms with van der Waals surface area (Å²) in [4.78, 5) is 15.9. The molecule has 3 aromatic carbocycles. The first-order valence-electron chi connectivity index (χ1n) is 9.64. The van der Waals surface area contributed by atoms with Crippen LogP contribution < -0.4 is 15.2 Å². The number of benzene rings is 3. The van der Waals surface area contributed by atoms with Gasteiger partial charge in [0.1, 0.15) is 17.1 Å². The Bertz CT molecular complexity index is 1290. The van der Waals surface area contributed by atoms with Crippen LogP contribution in [-0.2, 0) is 6.42 Å². The van der Waals surface area contributed by atoms with Gasteiger partial charge in [-0.1, -0.05) is 25.1 Å². The van der Waals surface area contributed by atoms with E-state index in [0.717, 1.165) is 28.7 Å². The number of hydrogen-bond acceptors (Lipinski definition) is 5. The van der Waals surface area contributed by atoms with Crippen LogP contribution in [0.4, 0.5) is 5.69 Å². The number of rotatable bonds is 5. The monoisotopic (exact) mass is 398 g/mol. The Hall–Kier alpha value is -3.86. The lowest BCUT2D eigenvalue weighted by molar-refractivity contribution is -0.255. The average molecular weight is 398 g/mol. The standard InChI is InChI=1S/C25H21NO4/c1-3-16-7-12-23-21(13-16)22(26-19-6-4-5-18(14-19)25(27)28)15-24(30-23)17-8-10-20(29-2)11-9-17/h4-15H,3H2,1-2H3,(H,27,28)/p-1. The van der Waals surface area contributed by atoms with Crippen molar-refractivity contribution in [2.24, 2.45) is 4.99 Å². The van der Waals surface area contributed by atoms with Crippen LogP contribution in [0.3, 0.4) is 0 Å². The second kappa shape index (κ2) is 8.25. The number of ether oxygens (including phenoxy) is 1. The molecule has 30 heavy (non-hydrogen) atoms. The van der Waals surface area contributed by atoms with E-state index < -0.39 is 5.97 Å². The lowest BCUT2D eigenvalue weighted by atomic mass is 10.1. The van der Waals surface area contributed by atoms with Gasteiger partial charge < -0.3 is 19.1 Å². The van der Waals surface area contributed by atoms with Crippen molar-refractivity contribution in [2.75, 3.05) is 7.11 Å². The summed E-state index contributed by atoms with van der Waals surface area (Å²) in [6, 6.07) is 21.9. The number of fused-ring (bicyclic) bond motifs is 1. The summed E-state index contributed by atoms with van der Waals surface area (Å²) in [7, 11) is 1.62. The van der Waals surface area contributed by atoms with Crippen molar-refractivity contribution in [3.05, 3.63) is 89.3 Å². The summed E-state index contributed by atoms with van der Waals surface area (Å²) >= 11 is 0. The summed E-state index contributed by atoms with van der Waals surface area (Å²) in [5, 5.41) is 12.8. The van der Waals surface area contributed by atoms with Gasteiger partial charge in [0.2, 0.25) is 0 Å². The van der Waals surface area contributed by atoms with Crippen molar-refractivity contribution in [3.63, 3.8) is 0 Å². The molecule has 5 heteroatoms. The summed E-state index contributed by atoms with van der Waals surface area (Å²) < 4.78 is 11.4. The van der Waals surface area contributed by atoms with Gasteiger partial charge in [-0.3, -0.25) is 0 Å². The molecule has 0 atom stereocenters. The summed E-state index contributed by atoms with van der Waals surface area (Å²) in [6.45, 7) is 2.09. The molecule has 0 aliphatic rings. The topological polar surface area (TPSA) is 74.9 Å². The van der Waals surface area contributed by atoms with Gasteiger partial charge in [-0.2, -0.15) is 0 Å². The van der Waals surface area contributed by atoms with Gasteiger partial charge in [0.05, 0.1) is 24.1 Å². The molecule has 4 rings (SSSR count). The first kappa shape index (κ1) is 19.5. The van der Waals surface area contributed by atoms with E-state index in [1.54, 1.807) is 19.2 Å². The number of carboxylic acids is 1. The molecule has 0 N–H and O–H groups in total. The molecular weight excluding hydrogens is 378 g/mol. The Morgan fingerprint density at radius 2 is 1.83 bits per heavy atom. The van der Waals surface area contributed by atoms with Crippen LogP contribution in [0.25, 0.3) is 22.3 Å². The Labute approximate surface area is 173 Å². The number of aryl methyl sites for hydroxylation is 1. The fourth-order valence-electron chi connectivity index (χ4n) is 3.27. The number of carbonyl (C=O) groups excluding carboxylic acids is 1. The molecule has 0 aliphatic carbocycles. The number of carboxylic acid groups (broad SMARTS) is 1. The molecule has 0 fully saturated rings. The van der Waals surface area contributed by atoms with Crippen molar-refractivity contribution in [2.45, 2.75) is 13.3 Å². The molecule has 0 saturated carbocycles. The van der Waals surface area contributed by atoms with Crippen molar-refractivity contribution < 1.29 is 19.1 Å². The second-order valence-corrected chi connectivity index (χ2v) is 6.86. The highest BCUT2D eigenvalue weighted by atomic mass is 16.5. The normalized spacial score (nSPS) is 11.6. The highest BCUT2D eigenvalue weighted by molar-refractivity contribution is 5.87. The largest absolute Gasteiger partial charge is 0.545 e. The average Bonchev–Trinajstić information content (AvgIpc) is 2.79. The van der Waals surface area contributed by atoms with E-state index in [2.05, 4.69) is 13.0 Å². The predicted octanol–water partition coefficient (Wildman–Crippen LogP) is 4.27. The maximum atomic E-state index is 11.2. The molecule has 0 saturated heterocycles. The Kier molecular flexibility index (Phi) is 5.35. The predicted molar refractivity (Wildman–Crippen MR) is 114 cm³/mol. The smallest absolute Gasteiger partial charge is 0.136 e. The number of hydrogen-bond donors (Lipinski definition) is 0. The van der Waals surface area contributed by atoms with Crippen molar-refractivity contribution >= 4 is 22.6 Å². The molecule has 0 bridgehead atoms. The quantitative estimate of drug-likeness (QED) is 0.503. The SMILES string of the molecule is CCc1ccc2oc(-c3ccc(OC)cc3)cc(=Nc3cccc(C(=O)[O-])c3)c2c1. The van der Waals surface area contributed by atoms with Gasteiger partial charge in [-0.25, -0.2) is 4.99 Å². The highest BCUT2D eigenvalue weighted by Crippen LogP contribution is 2.25. The Balaban J connectivity index is 1.95. The third kappa shape index (κ3) is 3.96. The van der Waals surface area contributed by atoms with Gasteiger partial charge in [0.15, 0.2) is 0 Å². The molecule has 0 amide bonds. The van der Waals surface area contributed by atoms with Crippen LogP contribution in [0.15, 0.2) is 82.2 Å². The van der Waals surface area contributed by atoms with E-state index in [9.17, 15) is 9.90 Å². The van der Waals surface area contributed by atoms with E-state index >= 15 is 0 Å². The fourth-order valence-corrected chi connectivity index (χ4v) is 3.27. The highest BCUT2D eigenvalue weighted by Gasteiger charge is 2.08. The summed E-state index contributed by atoms with van der Waals surface area (Å²) in [6.07, 6.45) is 0.885. The first-order valence-corrected chi connectivity index (χ1v) is 9.64. The van der Waals surface area contributed by atoms with Crippen LogP contribution in [0, 0.1) is 0 Å². The maximum Gasteiger partial charge on any atom is 0.136 e. The number of carbonyl (C=O) groups is 1. The first-order chi connectivity index (χ1) is 14.6. The van der Waals surface area contributed by atoms with Gasteiger partial charge in [-0.15, -0.1) is 0 Å². The molecular formula is C25H20NO4-. The van der Waals surface area contributed by atoms with Crippen LogP contribution in [-0.4, -0.2) is 13.1 Å². The number of aromatic carboxylic acids is 1. The zero-order valence-electron chi connectivity index (χ0n) is 16.7. The minimum absolute atomic E-state index is 0.0887. The molecule has 150 valence electrons. The molecule has 0 unspecified atom stereocenters. The molecule has 5 nitrogen and oxygen atoms in total. The molecule has 0 radical (unpaired) electrons. The van der Waals surface area contributed by atoms with E-state index in [-0.39, 0.29) is 5.56 Å². The Morgan fingerprint density at radius 1 is 1.03 bits per heavy atom. The van der Waals surface area contributed by atoms with E-state index in [4.69, 9.17) is 14.1 Å². The molecule has 1 aromatic heterocycles. The molecule has 0 spiro atoms. The van der Waals surface area contributed by atoms with E-state index in [1.165, 1.54) is 12.1 Å². The Morgan fingerprint density at radius 3 is 2.53 bits per heavy atom. The van der Waals surface area contributed by atoms with Gasteiger partial charge in [0.25, 0.3) is 0 Å². The van der Waals surface area contributed by atoms with Crippen LogP contribution in [0.1, 0.15) is 22.8 Å². The van der Waals surface area contributed by atoms with Crippen molar-refractivity contribution in [3.8, 4) is 17.1 Å². The van der Waals surface area contributed by atoms with Crippen molar-refractivity contribution in [1.29, 1.82) is 0 Å². The third-order valence-corrected chi connectivity index (χ3v) is 4.92. The second-order valence-electron chi connectivity index (χ2n) is 6.86. The molecule has 0 aliphatic heterocycles. The van der Waals surface area contributed by atoms with Crippen LogP contribution in [0.5, 0.6) is 5.75 Å². The lowest BCUT2D eigenvalue weighted by Gasteiger charge is -2.08. The summed E-state index contributed by atoms with van der Waals surface area (Å²) in [5.41, 5.74) is 3.37. The van der Waals surface area contributed by atoms with Crippen molar-refractivity contribution in [1.82, 2.24) is 0 Å². The maximum absolute atomic E-state index is 11.2. The zero-order valence-corrected chi connectivity index (χ0v) is 16.7. The van der Waals surface area contributed by atoms with Crippen LogP contribution >= 0.6 is 0 Å². The van der Waals surface area contributed by atoms with E-state index in [1.807, 2.05) is 42.5 Å². The minimum atomic E-state index is -1.23. The molecule has 4 aromatic rings. The fraction of sp³-hybridized carbons (Fsp3) is 0.120. The molecule has 1 heterocycles. The van der Waals surface area contributed by atoms with E-state index in [0.29, 0.717) is 22.4 Å². The van der Waals surface area contributed by atoms with Gasteiger partial charge >= 0.3 is 0 Å². The van der Waals surface area contributed by atoms with Crippen LogP contribution in [0.2, 0.25) is 0 Å². The third-order valence-electron chi connectivity index (χ3n) is 4.92. The number of nitrogens with zero attached hydrogens (tertiary/aromatic N) is 1.